The van der Waals surface area contributed by atoms with Crippen molar-refractivity contribution in [1.82, 2.24) is 4.90 Å². The van der Waals surface area contributed by atoms with Gasteiger partial charge >= 0.3 is 5.97 Å². The first kappa shape index (κ1) is 14.5. The third kappa shape index (κ3) is 3.74. The minimum absolute atomic E-state index is 0.151. The lowest BCUT2D eigenvalue weighted by Crippen LogP contribution is -2.34. The van der Waals surface area contributed by atoms with Crippen LogP contribution in [-0.2, 0) is 9.53 Å². The number of esters is 1. The molecule has 18 heavy (non-hydrogen) atoms. The molecule has 0 saturated carbocycles. The quantitative estimate of drug-likeness (QED) is 0.788. The zero-order valence-corrected chi connectivity index (χ0v) is 11.4. The Morgan fingerprint density at radius 2 is 1.89 bits per heavy atom. The molecule has 0 aromatic heterocycles. The van der Waals surface area contributed by atoms with Crippen molar-refractivity contribution in [2.45, 2.75) is 6.92 Å². The van der Waals surface area contributed by atoms with Gasteiger partial charge in [-0.05, 0) is 24.3 Å². The molecule has 1 amide bonds. The molecule has 0 aliphatic carbocycles. The largest absolute Gasteiger partial charge is 0.469 e. The van der Waals surface area contributed by atoms with Crippen LogP contribution in [0.1, 0.15) is 17.3 Å². The van der Waals surface area contributed by atoms with Crippen molar-refractivity contribution in [3.05, 3.63) is 34.9 Å². The highest BCUT2D eigenvalue weighted by Gasteiger charge is 2.19. The summed E-state index contributed by atoms with van der Waals surface area (Å²) >= 11 is 5.75. The number of rotatable bonds is 4. The van der Waals surface area contributed by atoms with Gasteiger partial charge in [0.25, 0.3) is 5.91 Å². The molecule has 5 heteroatoms. The first-order chi connectivity index (χ1) is 8.45. The molecule has 0 N–H and O–H groups in total. The number of hydrogen-bond acceptors (Lipinski definition) is 3. The van der Waals surface area contributed by atoms with Gasteiger partial charge in [-0.3, -0.25) is 9.59 Å². The number of ether oxygens (including phenoxy) is 1. The topological polar surface area (TPSA) is 46.6 Å². The highest BCUT2D eigenvalue weighted by molar-refractivity contribution is 6.30. The molecule has 0 spiro atoms. The summed E-state index contributed by atoms with van der Waals surface area (Å²) < 4.78 is 4.62. The van der Waals surface area contributed by atoms with Gasteiger partial charge in [0.2, 0.25) is 0 Å². The van der Waals surface area contributed by atoms with Crippen molar-refractivity contribution in [2.75, 3.05) is 20.7 Å². The number of nitrogens with zero attached hydrogens (tertiary/aromatic N) is 1. The van der Waals surface area contributed by atoms with Gasteiger partial charge in [-0.1, -0.05) is 18.5 Å². The fraction of sp³-hybridized carbons (Fsp3) is 0.385. The van der Waals surface area contributed by atoms with E-state index in [-0.39, 0.29) is 17.8 Å². The molecule has 1 rings (SSSR count). The maximum atomic E-state index is 12.0. The number of benzene rings is 1. The summed E-state index contributed by atoms with van der Waals surface area (Å²) in [5.74, 6) is -0.829. The number of hydrogen-bond donors (Lipinski definition) is 0. The number of carbonyl (C=O) groups is 2. The molecule has 0 heterocycles. The van der Waals surface area contributed by atoms with E-state index >= 15 is 0 Å². The Kier molecular flexibility index (Phi) is 5.16. The Balaban J connectivity index is 2.67. The van der Waals surface area contributed by atoms with Gasteiger partial charge in [-0.15, -0.1) is 0 Å². The predicted octanol–water partition coefficient (Wildman–Crippen LogP) is 2.22. The zero-order chi connectivity index (χ0) is 13.7. The van der Waals surface area contributed by atoms with Gasteiger partial charge in [-0.2, -0.15) is 0 Å². The molecule has 0 aliphatic heterocycles. The van der Waals surface area contributed by atoms with Gasteiger partial charge in [0, 0.05) is 24.2 Å². The second-order valence-electron chi connectivity index (χ2n) is 4.12. The Labute approximate surface area is 111 Å². The summed E-state index contributed by atoms with van der Waals surface area (Å²) in [6, 6.07) is 6.63. The van der Waals surface area contributed by atoms with Crippen molar-refractivity contribution < 1.29 is 14.3 Å². The summed E-state index contributed by atoms with van der Waals surface area (Å²) in [5, 5.41) is 0.581. The molecule has 1 aromatic carbocycles. The van der Waals surface area contributed by atoms with E-state index in [0.29, 0.717) is 17.1 Å². The lowest BCUT2D eigenvalue weighted by Gasteiger charge is -2.20. The molecule has 0 saturated heterocycles. The van der Waals surface area contributed by atoms with Crippen molar-refractivity contribution in [2.24, 2.45) is 5.92 Å². The minimum Gasteiger partial charge on any atom is -0.469 e. The van der Waals surface area contributed by atoms with Crippen LogP contribution < -0.4 is 0 Å². The van der Waals surface area contributed by atoms with E-state index in [1.807, 2.05) is 0 Å². The summed E-state index contributed by atoms with van der Waals surface area (Å²) in [6.07, 6.45) is 0. The van der Waals surface area contributed by atoms with E-state index in [0.717, 1.165) is 0 Å². The third-order valence-electron chi connectivity index (χ3n) is 2.59. The van der Waals surface area contributed by atoms with Crippen LogP contribution in [0.25, 0.3) is 0 Å². The number of halogens is 1. The second-order valence-corrected chi connectivity index (χ2v) is 4.55. The molecule has 98 valence electrons. The predicted molar refractivity (Wildman–Crippen MR) is 69.6 cm³/mol. The zero-order valence-electron chi connectivity index (χ0n) is 10.6. The summed E-state index contributed by atoms with van der Waals surface area (Å²) in [7, 11) is 2.98. The maximum absolute atomic E-state index is 12.0. The van der Waals surface area contributed by atoms with Crippen molar-refractivity contribution >= 4 is 23.5 Å². The van der Waals surface area contributed by atoms with E-state index < -0.39 is 0 Å². The Morgan fingerprint density at radius 3 is 2.39 bits per heavy atom. The molecule has 1 atom stereocenters. The smallest absolute Gasteiger partial charge is 0.310 e. The Bertz CT molecular complexity index is 430. The van der Waals surface area contributed by atoms with Crippen LogP contribution >= 0.6 is 11.6 Å². The molecule has 4 nitrogen and oxygen atoms in total. The average Bonchev–Trinajstić information content (AvgIpc) is 2.37. The van der Waals surface area contributed by atoms with Crippen LogP contribution in [0.4, 0.5) is 0 Å². The molecule has 0 bridgehead atoms. The summed E-state index contributed by atoms with van der Waals surface area (Å²) in [4.78, 5) is 24.8. The lowest BCUT2D eigenvalue weighted by molar-refractivity contribution is -0.145. The van der Waals surface area contributed by atoms with Crippen LogP contribution in [0.2, 0.25) is 5.02 Å². The highest BCUT2D eigenvalue weighted by Crippen LogP contribution is 2.12. The molecule has 1 unspecified atom stereocenters. The van der Waals surface area contributed by atoms with Crippen molar-refractivity contribution in [3.63, 3.8) is 0 Å². The third-order valence-corrected chi connectivity index (χ3v) is 2.84. The molecule has 1 aromatic rings. The molecule has 0 radical (unpaired) electrons. The highest BCUT2D eigenvalue weighted by atomic mass is 35.5. The van der Waals surface area contributed by atoms with Gasteiger partial charge in [0.15, 0.2) is 0 Å². The standard InChI is InChI=1S/C13H16ClNO3/c1-9(13(17)18-3)8-15(2)12(16)10-4-6-11(14)7-5-10/h4-7,9H,8H2,1-3H3. The number of amides is 1. The van der Waals surface area contributed by atoms with Gasteiger partial charge in [0.05, 0.1) is 13.0 Å². The number of carbonyl (C=O) groups excluding carboxylic acids is 2. The van der Waals surface area contributed by atoms with E-state index in [1.165, 1.54) is 12.0 Å². The molecule has 0 fully saturated rings. The fourth-order valence-corrected chi connectivity index (χ4v) is 1.71. The summed E-state index contributed by atoms with van der Waals surface area (Å²) in [6.45, 7) is 2.03. The fourth-order valence-electron chi connectivity index (χ4n) is 1.58. The van der Waals surface area contributed by atoms with E-state index in [9.17, 15) is 9.59 Å². The molecular weight excluding hydrogens is 254 g/mol. The van der Waals surface area contributed by atoms with E-state index in [2.05, 4.69) is 4.74 Å². The van der Waals surface area contributed by atoms with Crippen LogP contribution in [0.5, 0.6) is 0 Å². The normalized spacial score (nSPS) is 11.8. The SMILES string of the molecule is COC(=O)C(C)CN(C)C(=O)c1ccc(Cl)cc1. The van der Waals surface area contributed by atoms with Crippen molar-refractivity contribution in [3.8, 4) is 0 Å². The van der Waals surface area contributed by atoms with Gasteiger partial charge in [-0.25, -0.2) is 0 Å². The van der Waals surface area contributed by atoms with E-state index in [4.69, 9.17) is 11.6 Å². The van der Waals surface area contributed by atoms with Crippen LogP contribution in [0, 0.1) is 5.92 Å². The van der Waals surface area contributed by atoms with Crippen LogP contribution in [0.3, 0.4) is 0 Å². The first-order valence-electron chi connectivity index (χ1n) is 5.54. The van der Waals surface area contributed by atoms with Crippen LogP contribution in [-0.4, -0.2) is 37.5 Å². The molecule has 0 aliphatic rings. The Hall–Kier alpha value is -1.55. The van der Waals surface area contributed by atoms with Crippen LogP contribution in [0.15, 0.2) is 24.3 Å². The monoisotopic (exact) mass is 269 g/mol. The second kappa shape index (κ2) is 6.40. The minimum atomic E-state index is -0.351. The first-order valence-corrected chi connectivity index (χ1v) is 5.92. The van der Waals surface area contributed by atoms with Crippen molar-refractivity contribution in [1.29, 1.82) is 0 Å². The van der Waals surface area contributed by atoms with E-state index in [1.54, 1.807) is 38.2 Å². The average molecular weight is 270 g/mol. The summed E-state index contributed by atoms with van der Waals surface area (Å²) in [5.41, 5.74) is 0.541. The molecular formula is C13H16ClNO3. The van der Waals surface area contributed by atoms with Gasteiger partial charge < -0.3 is 9.64 Å². The van der Waals surface area contributed by atoms with Gasteiger partial charge in [0.1, 0.15) is 0 Å². The number of methoxy groups -OCH3 is 1. The maximum Gasteiger partial charge on any atom is 0.310 e. The Morgan fingerprint density at radius 1 is 1.33 bits per heavy atom. The lowest BCUT2D eigenvalue weighted by atomic mass is 10.1.